The second kappa shape index (κ2) is 10.9. The molecule has 6 rings (SSSR count). The van der Waals surface area contributed by atoms with Crippen LogP contribution in [0, 0.1) is 0 Å². The summed E-state index contributed by atoms with van der Waals surface area (Å²) in [5, 5.41) is 20.9. The number of halogens is 1. The first kappa shape index (κ1) is 27.3. The fourth-order valence-electron chi connectivity index (χ4n) is 5.67. The van der Waals surface area contributed by atoms with Crippen LogP contribution in [-0.2, 0) is 33.7 Å². The van der Waals surface area contributed by atoms with Crippen molar-refractivity contribution in [3.05, 3.63) is 87.6 Å². The third kappa shape index (κ3) is 5.31. The lowest BCUT2D eigenvalue weighted by molar-refractivity contribution is -0.0364. The molecular weight excluding hydrogens is 540 g/mol. The monoisotopic (exact) mass is 572 g/mol. The second-order valence-corrected chi connectivity index (χ2v) is 11.3. The molecule has 0 unspecified atom stereocenters. The molecule has 1 aliphatic heterocycles. The van der Waals surface area contributed by atoms with E-state index in [9.17, 15) is 9.90 Å². The standard InChI is InChI=1S/C30H33ClN8O2/c1-36-25(9-12-34-36)22-7-8-23(24(31)15-22)17-38-13-10-30(41,11-14-38)18-39-19-33-26-27(29(39)40)35-37(2)28(26)21-5-3-20(16-32)4-6-21/h3-9,12,15,19,41H,10-11,13-14,16-18,32H2,1-2H3. The van der Waals surface area contributed by atoms with Crippen molar-refractivity contribution < 1.29 is 5.11 Å². The van der Waals surface area contributed by atoms with E-state index in [1.165, 1.54) is 10.9 Å². The van der Waals surface area contributed by atoms with Gasteiger partial charge in [-0.3, -0.25) is 23.6 Å². The lowest BCUT2D eigenvalue weighted by Crippen LogP contribution is -2.47. The van der Waals surface area contributed by atoms with Crippen LogP contribution >= 0.6 is 11.6 Å². The molecule has 11 heteroatoms. The number of hydrogen-bond acceptors (Lipinski definition) is 7. The molecule has 3 N–H and O–H groups in total. The fourth-order valence-corrected chi connectivity index (χ4v) is 5.91. The largest absolute Gasteiger partial charge is 0.388 e. The molecule has 0 spiro atoms. The van der Waals surface area contributed by atoms with Gasteiger partial charge in [-0.05, 0) is 36.1 Å². The Balaban J connectivity index is 1.14. The molecule has 4 heterocycles. The van der Waals surface area contributed by atoms with E-state index in [0.717, 1.165) is 33.6 Å². The molecule has 0 saturated carbocycles. The molecule has 0 radical (unpaired) electrons. The zero-order valence-corrected chi connectivity index (χ0v) is 23.9. The van der Waals surface area contributed by atoms with Crippen molar-refractivity contribution in [1.29, 1.82) is 0 Å². The van der Waals surface area contributed by atoms with E-state index >= 15 is 0 Å². The predicted molar refractivity (Wildman–Crippen MR) is 159 cm³/mol. The van der Waals surface area contributed by atoms with Gasteiger partial charge in [-0.1, -0.05) is 48.0 Å². The highest BCUT2D eigenvalue weighted by molar-refractivity contribution is 6.31. The van der Waals surface area contributed by atoms with Crippen molar-refractivity contribution in [1.82, 2.24) is 34.0 Å². The molecule has 0 amide bonds. The van der Waals surface area contributed by atoms with Crippen LogP contribution < -0.4 is 11.3 Å². The summed E-state index contributed by atoms with van der Waals surface area (Å²) in [5.74, 6) is 0. The van der Waals surface area contributed by atoms with E-state index < -0.39 is 5.60 Å². The third-order valence-corrected chi connectivity index (χ3v) is 8.44. The third-order valence-electron chi connectivity index (χ3n) is 8.09. The van der Waals surface area contributed by atoms with Gasteiger partial charge in [0.15, 0.2) is 5.52 Å². The summed E-state index contributed by atoms with van der Waals surface area (Å²) in [5.41, 5.74) is 11.1. The quantitative estimate of drug-likeness (QED) is 0.307. The minimum Gasteiger partial charge on any atom is -0.388 e. The SMILES string of the molecule is Cn1nccc1-c1ccc(CN2CCC(O)(Cn3cnc4c(-c5ccc(CN)cc5)n(C)nc4c3=O)CC2)c(Cl)c1. The molecule has 1 aliphatic rings. The van der Waals surface area contributed by atoms with Crippen LogP contribution in [0.3, 0.4) is 0 Å². The first-order chi connectivity index (χ1) is 19.7. The van der Waals surface area contributed by atoms with Crippen LogP contribution in [0.15, 0.2) is 65.8 Å². The Morgan fingerprint density at radius 2 is 1.73 bits per heavy atom. The van der Waals surface area contributed by atoms with Crippen LogP contribution in [0.5, 0.6) is 0 Å². The molecule has 0 aliphatic carbocycles. The summed E-state index contributed by atoms with van der Waals surface area (Å²) in [6.07, 6.45) is 4.36. The zero-order chi connectivity index (χ0) is 28.7. The molecule has 5 aromatic rings. The van der Waals surface area contributed by atoms with E-state index in [1.54, 1.807) is 17.9 Å². The minimum absolute atomic E-state index is 0.167. The average Bonchev–Trinajstić information content (AvgIpc) is 3.55. The fraction of sp³-hybridized carbons (Fsp3) is 0.333. The van der Waals surface area contributed by atoms with Crippen molar-refractivity contribution in [2.45, 2.75) is 38.1 Å². The van der Waals surface area contributed by atoms with Gasteiger partial charge in [0.05, 0.1) is 29.9 Å². The summed E-state index contributed by atoms with van der Waals surface area (Å²) < 4.78 is 4.99. The Morgan fingerprint density at radius 1 is 1.00 bits per heavy atom. The van der Waals surface area contributed by atoms with Crippen LogP contribution in [0.2, 0.25) is 5.02 Å². The molecule has 3 aromatic heterocycles. The molecule has 0 bridgehead atoms. The molecule has 0 atom stereocenters. The molecule has 212 valence electrons. The molecular formula is C30H33ClN8O2. The van der Waals surface area contributed by atoms with Crippen LogP contribution in [-0.4, -0.2) is 57.8 Å². The smallest absolute Gasteiger partial charge is 0.281 e. The highest BCUT2D eigenvalue weighted by atomic mass is 35.5. The second-order valence-electron chi connectivity index (χ2n) is 10.9. The van der Waals surface area contributed by atoms with Gasteiger partial charge in [0.1, 0.15) is 5.52 Å². The van der Waals surface area contributed by atoms with Crippen molar-refractivity contribution in [2.75, 3.05) is 13.1 Å². The predicted octanol–water partition coefficient (Wildman–Crippen LogP) is 3.34. The van der Waals surface area contributed by atoms with Crippen molar-refractivity contribution in [3.63, 3.8) is 0 Å². The van der Waals surface area contributed by atoms with Crippen LogP contribution in [0.25, 0.3) is 33.5 Å². The normalized spacial score (nSPS) is 15.5. The number of rotatable bonds is 7. The van der Waals surface area contributed by atoms with E-state index in [-0.39, 0.29) is 17.6 Å². The Morgan fingerprint density at radius 3 is 2.39 bits per heavy atom. The highest BCUT2D eigenvalue weighted by Crippen LogP contribution is 2.30. The molecule has 2 aromatic carbocycles. The first-order valence-electron chi connectivity index (χ1n) is 13.7. The number of hydrogen-bond donors (Lipinski definition) is 2. The first-order valence-corrected chi connectivity index (χ1v) is 14.1. The van der Waals surface area contributed by atoms with Crippen molar-refractivity contribution >= 4 is 22.6 Å². The average molecular weight is 573 g/mol. The molecule has 1 saturated heterocycles. The zero-order valence-electron chi connectivity index (χ0n) is 23.2. The van der Waals surface area contributed by atoms with E-state index in [4.69, 9.17) is 17.3 Å². The Kier molecular flexibility index (Phi) is 7.25. The van der Waals surface area contributed by atoms with Crippen molar-refractivity contribution in [2.24, 2.45) is 19.8 Å². The maximum atomic E-state index is 13.4. The van der Waals surface area contributed by atoms with Gasteiger partial charge in [-0.15, -0.1) is 0 Å². The van der Waals surface area contributed by atoms with Gasteiger partial charge in [-0.25, -0.2) is 4.98 Å². The van der Waals surface area contributed by atoms with E-state index in [2.05, 4.69) is 32.2 Å². The van der Waals surface area contributed by atoms with Crippen LogP contribution in [0.1, 0.15) is 24.0 Å². The van der Waals surface area contributed by atoms with Crippen LogP contribution in [0.4, 0.5) is 0 Å². The Labute approximate surface area is 242 Å². The number of nitrogens with two attached hydrogens (primary N) is 1. The molecule has 41 heavy (non-hydrogen) atoms. The highest BCUT2D eigenvalue weighted by Gasteiger charge is 2.33. The maximum Gasteiger partial charge on any atom is 0.281 e. The molecule has 10 nitrogen and oxygen atoms in total. The number of aryl methyl sites for hydroxylation is 2. The van der Waals surface area contributed by atoms with E-state index in [0.29, 0.717) is 49.6 Å². The number of fused-ring (bicyclic) bond motifs is 1. The topological polar surface area (TPSA) is 120 Å². The number of benzene rings is 2. The summed E-state index contributed by atoms with van der Waals surface area (Å²) >= 11 is 6.65. The Bertz CT molecular complexity index is 1760. The number of piperidine rings is 1. The van der Waals surface area contributed by atoms with Gasteiger partial charge >= 0.3 is 0 Å². The van der Waals surface area contributed by atoms with Gasteiger partial charge in [0.2, 0.25) is 0 Å². The van der Waals surface area contributed by atoms with Gasteiger partial charge in [-0.2, -0.15) is 10.2 Å². The van der Waals surface area contributed by atoms with E-state index in [1.807, 2.05) is 48.1 Å². The number of aliphatic hydroxyl groups is 1. The maximum absolute atomic E-state index is 13.4. The molecule has 1 fully saturated rings. The summed E-state index contributed by atoms with van der Waals surface area (Å²) in [6.45, 7) is 2.70. The number of aromatic nitrogens is 6. The number of nitrogens with zero attached hydrogens (tertiary/aromatic N) is 7. The lowest BCUT2D eigenvalue weighted by atomic mass is 9.91. The summed E-state index contributed by atoms with van der Waals surface area (Å²) in [6, 6.07) is 15.9. The lowest BCUT2D eigenvalue weighted by Gasteiger charge is -2.38. The summed E-state index contributed by atoms with van der Waals surface area (Å²) in [4.78, 5) is 20.3. The van der Waals surface area contributed by atoms with Crippen molar-refractivity contribution in [3.8, 4) is 22.5 Å². The Hall–Kier alpha value is -3.83. The summed E-state index contributed by atoms with van der Waals surface area (Å²) in [7, 11) is 3.71. The minimum atomic E-state index is -1.02. The van der Waals surface area contributed by atoms with Gasteiger partial charge in [0, 0.05) is 62.6 Å². The van der Waals surface area contributed by atoms with Gasteiger partial charge in [0.25, 0.3) is 5.56 Å². The number of likely N-dealkylation sites (tertiary alicyclic amines) is 1. The van der Waals surface area contributed by atoms with Gasteiger partial charge < -0.3 is 10.8 Å².